The molecule has 0 aromatic carbocycles. The van der Waals surface area contributed by atoms with Crippen LogP contribution in [0.15, 0.2) is 29.4 Å². The third-order valence-electron chi connectivity index (χ3n) is 2.64. The fourth-order valence-electron chi connectivity index (χ4n) is 1.55. The molecule has 2 N–H and O–H groups in total. The molecule has 0 aliphatic rings. The lowest BCUT2D eigenvalue weighted by molar-refractivity contribution is -0.157. The fourth-order valence-corrected chi connectivity index (χ4v) is 1.55. The highest BCUT2D eigenvalue weighted by Gasteiger charge is 2.31. The molecule has 1 aromatic rings. The van der Waals surface area contributed by atoms with E-state index in [2.05, 4.69) is 20.6 Å². The Morgan fingerprint density at radius 1 is 1.35 bits per heavy atom. The number of alkyl halides is 3. The van der Waals surface area contributed by atoms with E-state index in [1.165, 1.54) is 7.05 Å². The van der Waals surface area contributed by atoms with Gasteiger partial charge in [-0.3, -0.25) is 14.8 Å². The van der Waals surface area contributed by atoms with E-state index in [-0.39, 0.29) is 30.5 Å². The number of halogens is 4. The summed E-state index contributed by atoms with van der Waals surface area (Å²) in [5, 5.41) is 5.57. The van der Waals surface area contributed by atoms with E-state index in [0.29, 0.717) is 17.4 Å². The molecule has 0 unspecified atom stereocenters. The smallest absolute Gasteiger partial charge is 0.351 e. The zero-order valence-corrected chi connectivity index (χ0v) is 15.1. The van der Waals surface area contributed by atoms with Crippen LogP contribution >= 0.6 is 24.0 Å². The summed E-state index contributed by atoms with van der Waals surface area (Å²) in [6.07, 6.45) is -2.77. The SMILES string of the molecule is CN=C(NCC(=O)N(C)CC(F)(F)F)NCc1ccccn1.I. The van der Waals surface area contributed by atoms with E-state index in [1.54, 1.807) is 12.3 Å². The molecule has 0 aliphatic carbocycles. The molecule has 0 saturated carbocycles. The van der Waals surface area contributed by atoms with Gasteiger partial charge in [0.1, 0.15) is 6.54 Å². The van der Waals surface area contributed by atoms with E-state index in [9.17, 15) is 18.0 Å². The van der Waals surface area contributed by atoms with E-state index in [4.69, 9.17) is 0 Å². The second kappa shape index (κ2) is 10.2. The minimum absolute atomic E-state index is 0. The second-order valence-electron chi connectivity index (χ2n) is 4.47. The van der Waals surface area contributed by atoms with Crippen LogP contribution in [-0.4, -0.2) is 55.1 Å². The molecule has 1 heterocycles. The van der Waals surface area contributed by atoms with Crippen LogP contribution in [0.5, 0.6) is 0 Å². The fraction of sp³-hybridized carbons (Fsp3) is 0.462. The zero-order chi connectivity index (χ0) is 16.6. The third kappa shape index (κ3) is 9.21. The Morgan fingerprint density at radius 2 is 2.04 bits per heavy atom. The number of hydrogen-bond acceptors (Lipinski definition) is 3. The molecule has 10 heteroatoms. The van der Waals surface area contributed by atoms with Gasteiger partial charge in [-0.05, 0) is 12.1 Å². The highest BCUT2D eigenvalue weighted by atomic mass is 127. The second-order valence-corrected chi connectivity index (χ2v) is 4.47. The number of likely N-dealkylation sites (N-methyl/N-ethyl adjacent to an activating group) is 1. The van der Waals surface area contributed by atoms with Crippen molar-refractivity contribution in [1.29, 1.82) is 0 Å². The molecule has 6 nitrogen and oxygen atoms in total. The Hall–Kier alpha value is -1.59. The number of guanidine groups is 1. The number of nitrogens with zero attached hydrogens (tertiary/aromatic N) is 3. The normalized spacial score (nSPS) is 11.4. The van der Waals surface area contributed by atoms with Crippen molar-refractivity contribution in [3.63, 3.8) is 0 Å². The molecule has 1 amide bonds. The van der Waals surface area contributed by atoms with Crippen LogP contribution in [0.4, 0.5) is 13.2 Å². The quantitative estimate of drug-likeness (QED) is 0.409. The van der Waals surface area contributed by atoms with Gasteiger partial charge in [-0.1, -0.05) is 6.07 Å². The van der Waals surface area contributed by atoms with Gasteiger partial charge in [0, 0.05) is 20.3 Å². The maximum atomic E-state index is 12.2. The van der Waals surface area contributed by atoms with Crippen LogP contribution in [0.3, 0.4) is 0 Å². The van der Waals surface area contributed by atoms with E-state index in [0.717, 1.165) is 12.7 Å². The van der Waals surface area contributed by atoms with Gasteiger partial charge >= 0.3 is 6.18 Å². The average Bonchev–Trinajstić information content (AvgIpc) is 2.46. The highest BCUT2D eigenvalue weighted by molar-refractivity contribution is 14.0. The van der Waals surface area contributed by atoms with Crippen molar-refractivity contribution in [1.82, 2.24) is 20.5 Å². The summed E-state index contributed by atoms with van der Waals surface area (Å²) < 4.78 is 36.5. The summed E-state index contributed by atoms with van der Waals surface area (Å²) >= 11 is 0. The van der Waals surface area contributed by atoms with Crippen molar-refractivity contribution in [2.24, 2.45) is 4.99 Å². The number of amides is 1. The van der Waals surface area contributed by atoms with Crippen molar-refractivity contribution in [3.05, 3.63) is 30.1 Å². The number of carbonyl (C=O) groups excluding carboxylic acids is 1. The lowest BCUT2D eigenvalue weighted by Crippen LogP contribution is -2.45. The molecule has 0 radical (unpaired) electrons. The van der Waals surface area contributed by atoms with E-state index < -0.39 is 18.6 Å². The highest BCUT2D eigenvalue weighted by Crippen LogP contribution is 2.15. The maximum absolute atomic E-state index is 12.2. The Balaban J connectivity index is 0.00000484. The molecular weight excluding hydrogens is 426 g/mol. The van der Waals surface area contributed by atoms with Crippen molar-refractivity contribution in [2.75, 3.05) is 27.2 Å². The number of aliphatic imine (C=N–C) groups is 1. The molecule has 0 bridgehead atoms. The number of hydrogen-bond donors (Lipinski definition) is 2. The Kier molecular flexibility index (Phi) is 9.53. The number of pyridine rings is 1. The molecular formula is C13H19F3IN5O. The predicted octanol–water partition coefficient (Wildman–Crippen LogP) is 1.39. The predicted molar refractivity (Wildman–Crippen MR) is 91.5 cm³/mol. The molecule has 0 aliphatic heterocycles. The lowest BCUT2D eigenvalue weighted by atomic mass is 10.3. The van der Waals surface area contributed by atoms with Crippen molar-refractivity contribution < 1.29 is 18.0 Å². The first kappa shape index (κ1) is 21.4. The number of aromatic nitrogens is 1. The Bertz CT molecular complexity index is 510. The first-order valence-electron chi connectivity index (χ1n) is 6.47. The Labute approximate surface area is 149 Å². The minimum Gasteiger partial charge on any atom is -0.351 e. The van der Waals surface area contributed by atoms with Gasteiger partial charge in [0.2, 0.25) is 5.91 Å². The van der Waals surface area contributed by atoms with Gasteiger partial charge < -0.3 is 15.5 Å². The molecule has 0 saturated heterocycles. The molecule has 23 heavy (non-hydrogen) atoms. The van der Waals surface area contributed by atoms with Gasteiger partial charge in [-0.25, -0.2) is 0 Å². The van der Waals surface area contributed by atoms with E-state index in [1.807, 2.05) is 12.1 Å². The maximum Gasteiger partial charge on any atom is 0.406 e. The minimum atomic E-state index is -4.41. The van der Waals surface area contributed by atoms with Gasteiger partial charge in [0.15, 0.2) is 5.96 Å². The standard InChI is InChI=1S/C13H18F3N5O.HI/c1-17-12(19-7-10-5-3-4-6-18-10)20-8-11(22)21(2)9-13(14,15)16;/h3-6H,7-9H2,1-2H3,(H2,17,19,20);1H. The number of nitrogens with one attached hydrogen (secondary N) is 2. The van der Waals surface area contributed by atoms with Crippen LogP contribution in [0.1, 0.15) is 5.69 Å². The summed E-state index contributed by atoms with van der Waals surface area (Å²) in [6, 6.07) is 5.42. The topological polar surface area (TPSA) is 69.6 Å². The summed E-state index contributed by atoms with van der Waals surface area (Å²) in [5.41, 5.74) is 0.769. The van der Waals surface area contributed by atoms with Crippen LogP contribution in [0, 0.1) is 0 Å². The van der Waals surface area contributed by atoms with Gasteiger partial charge in [-0.2, -0.15) is 13.2 Å². The zero-order valence-electron chi connectivity index (χ0n) is 12.7. The summed E-state index contributed by atoms with van der Waals surface area (Å²) in [7, 11) is 2.60. The molecule has 0 fully saturated rings. The molecule has 1 aromatic heterocycles. The monoisotopic (exact) mass is 445 g/mol. The van der Waals surface area contributed by atoms with Gasteiger partial charge in [0.25, 0.3) is 0 Å². The van der Waals surface area contributed by atoms with Gasteiger partial charge in [0.05, 0.1) is 18.8 Å². The molecule has 130 valence electrons. The van der Waals surface area contributed by atoms with Crippen LogP contribution in [0.2, 0.25) is 0 Å². The summed E-state index contributed by atoms with van der Waals surface area (Å²) in [5.74, 6) is -0.377. The van der Waals surface area contributed by atoms with Crippen LogP contribution in [-0.2, 0) is 11.3 Å². The van der Waals surface area contributed by atoms with Crippen molar-refractivity contribution in [2.45, 2.75) is 12.7 Å². The van der Waals surface area contributed by atoms with Crippen LogP contribution in [0.25, 0.3) is 0 Å². The first-order chi connectivity index (χ1) is 10.3. The van der Waals surface area contributed by atoms with Crippen molar-refractivity contribution in [3.8, 4) is 0 Å². The molecule has 0 spiro atoms. The average molecular weight is 445 g/mol. The van der Waals surface area contributed by atoms with Crippen molar-refractivity contribution >= 4 is 35.8 Å². The molecule has 0 atom stereocenters. The number of rotatable bonds is 5. The van der Waals surface area contributed by atoms with Gasteiger partial charge in [-0.15, -0.1) is 24.0 Å². The number of carbonyl (C=O) groups is 1. The van der Waals surface area contributed by atoms with Crippen LogP contribution < -0.4 is 10.6 Å². The van der Waals surface area contributed by atoms with E-state index >= 15 is 0 Å². The molecule has 1 rings (SSSR count). The summed E-state index contributed by atoms with van der Waals surface area (Å²) in [4.78, 5) is 20.2. The Morgan fingerprint density at radius 3 is 2.57 bits per heavy atom. The lowest BCUT2D eigenvalue weighted by Gasteiger charge is -2.19. The largest absolute Gasteiger partial charge is 0.406 e. The first-order valence-corrected chi connectivity index (χ1v) is 6.47. The third-order valence-corrected chi connectivity index (χ3v) is 2.64. The summed E-state index contributed by atoms with van der Waals surface area (Å²) in [6.45, 7) is -1.19.